The van der Waals surface area contributed by atoms with Crippen molar-refractivity contribution in [3.8, 4) is 32.5 Å². The predicted molar refractivity (Wildman–Crippen MR) is 210 cm³/mol. The minimum Gasteiger partial charge on any atom is -0.281 e. The molecule has 0 amide bonds. The normalized spacial score (nSPS) is 13.9. The van der Waals surface area contributed by atoms with Crippen LogP contribution in [-0.4, -0.2) is 32.5 Å². The summed E-state index contributed by atoms with van der Waals surface area (Å²) in [5.74, 6) is 0. The Morgan fingerprint density at radius 3 is 1.82 bits per heavy atom. The molecule has 6 aromatic rings. The summed E-state index contributed by atoms with van der Waals surface area (Å²) >= 11 is 28.4. The Kier molecular flexibility index (Phi) is 9.56. The molecule has 2 aliphatic carbocycles. The minimum absolute atomic E-state index is 0.0854. The van der Waals surface area contributed by atoms with Crippen LogP contribution in [0.25, 0.3) is 44.7 Å². The number of thiophene rings is 2. The van der Waals surface area contributed by atoms with E-state index in [-0.39, 0.29) is 4.21 Å². The molecular weight excluding hydrogens is 786 g/mol. The third-order valence-electron chi connectivity index (χ3n) is 9.10. The third kappa shape index (κ3) is 6.66. The molecule has 2 aliphatic rings. The smallest absolute Gasteiger partial charge is 0.281 e. The molecule has 8 rings (SSSR count). The van der Waals surface area contributed by atoms with Crippen LogP contribution in [0.3, 0.4) is 0 Å². The van der Waals surface area contributed by atoms with Crippen molar-refractivity contribution in [2.45, 2.75) is 49.2 Å². The van der Waals surface area contributed by atoms with E-state index in [1.165, 1.54) is 16.0 Å². The topological polar surface area (TPSA) is 90.0 Å². The molecule has 0 atom stereocenters. The molecule has 1 N–H and O–H groups in total. The number of hydrogen-bond acceptors (Lipinski definition) is 6. The van der Waals surface area contributed by atoms with Crippen molar-refractivity contribution in [1.82, 2.24) is 19.6 Å². The molecule has 4 heterocycles. The summed E-state index contributed by atoms with van der Waals surface area (Å²) in [6, 6.07) is 14.4. The zero-order chi connectivity index (χ0) is 35.4. The van der Waals surface area contributed by atoms with Gasteiger partial charge < -0.3 is 0 Å². The van der Waals surface area contributed by atoms with Gasteiger partial charge in [0, 0.05) is 21.2 Å². The second-order valence-electron chi connectivity index (χ2n) is 12.3. The highest BCUT2D eigenvalue weighted by atomic mass is 35.5. The van der Waals surface area contributed by atoms with Gasteiger partial charge in [0.2, 0.25) is 0 Å². The molecule has 0 unspecified atom stereocenters. The Balaban J connectivity index is 1.03. The predicted octanol–water partition coefficient (Wildman–Crippen LogP) is 11.5. The van der Waals surface area contributed by atoms with Crippen LogP contribution in [0.1, 0.15) is 52.9 Å². The van der Waals surface area contributed by atoms with E-state index in [0.717, 1.165) is 87.9 Å². The van der Waals surface area contributed by atoms with Crippen LogP contribution in [0.15, 0.2) is 70.3 Å². The lowest BCUT2D eigenvalue weighted by Gasteiger charge is -2.15. The first-order valence-corrected chi connectivity index (χ1v) is 20.9. The van der Waals surface area contributed by atoms with Crippen molar-refractivity contribution in [3.63, 3.8) is 0 Å². The van der Waals surface area contributed by atoms with Crippen LogP contribution < -0.4 is 0 Å². The van der Waals surface area contributed by atoms with Gasteiger partial charge in [-0.2, -0.15) is 18.6 Å². The number of benzene rings is 2. The molecule has 0 spiro atoms. The molecule has 2 aromatic carbocycles. The average molecular weight is 815 g/mol. The van der Waals surface area contributed by atoms with Crippen molar-refractivity contribution in [2.24, 2.45) is 0 Å². The summed E-state index contributed by atoms with van der Waals surface area (Å²) in [6.45, 7) is 0. The molecule has 14 heteroatoms. The Morgan fingerprint density at radius 2 is 1.27 bits per heavy atom. The van der Waals surface area contributed by atoms with Gasteiger partial charge in [-0.25, -0.2) is 9.36 Å². The number of hydrogen-bond donors (Lipinski definition) is 1. The Bertz CT molecular complexity index is 2510. The van der Waals surface area contributed by atoms with Crippen molar-refractivity contribution in [2.75, 3.05) is 0 Å². The van der Waals surface area contributed by atoms with Gasteiger partial charge in [-0.15, -0.1) is 22.7 Å². The molecule has 0 saturated heterocycles. The fraction of sp³-hybridized carbons (Fsp3) is 0.189. The van der Waals surface area contributed by atoms with Gasteiger partial charge >= 0.3 is 10.1 Å². The number of nitrogens with zero attached hydrogens (tertiary/aromatic N) is 4. The number of rotatable bonds is 9. The number of halogens is 4. The maximum atomic E-state index is 12.0. The summed E-state index contributed by atoms with van der Waals surface area (Å²) in [5, 5.41) is 14.2. The van der Waals surface area contributed by atoms with E-state index in [2.05, 4.69) is 29.7 Å². The summed E-state index contributed by atoms with van der Waals surface area (Å²) in [5.41, 5.74) is 9.49. The molecule has 0 saturated carbocycles. The third-order valence-corrected chi connectivity index (χ3v) is 13.6. The highest BCUT2D eigenvalue weighted by Gasteiger charge is 2.30. The van der Waals surface area contributed by atoms with Crippen LogP contribution in [0, 0.1) is 0 Å². The summed E-state index contributed by atoms with van der Waals surface area (Å²) in [4.78, 5) is 1.99. The van der Waals surface area contributed by atoms with E-state index in [0.29, 0.717) is 38.6 Å². The summed E-state index contributed by atoms with van der Waals surface area (Å²) in [6.07, 6.45) is 14.3. The monoisotopic (exact) mass is 812 g/mol. The Labute approximate surface area is 323 Å². The van der Waals surface area contributed by atoms with E-state index in [1.807, 2.05) is 22.9 Å². The first-order valence-electron chi connectivity index (χ1n) is 16.2. The van der Waals surface area contributed by atoms with E-state index >= 15 is 0 Å². The van der Waals surface area contributed by atoms with Crippen molar-refractivity contribution >= 4 is 91.3 Å². The molecule has 4 aromatic heterocycles. The molecule has 0 aliphatic heterocycles. The van der Waals surface area contributed by atoms with Gasteiger partial charge in [-0.05, 0) is 122 Å². The van der Waals surface area contributed by atoms with Crippen LogP contribution in [0.2, 0.25) is 20.1 Å². The molecule has 51 heavy (non-hydrogen) atoms. The fourth-order valence-corrected chi connectivity index (χ4v) is 10.7. The zero-order valence-electron chi connectivity index (χ0n) is 26.7. The lowest BCUT2D eigenvalue weighted by molar-refractivity contribution is 0.485. The second kappa shape index (κ2) is 14.0. The highest BCUT2D eigenvalue weighted by molar-refractivity contribution is 7.88. The van der Waals surface area contributed by atoms with Crippen molar-refractivity contribution < 1.29 is 13.0 Å². The second-order valence-corrected chi connectivity index (χ2v) is 17.6. The van der Waals surface area contributed by atoms with E-state index < -0.39 is 10.1 Å². The molecular formula is C37H28Cl4N4O3S3. The largest absolute Gasteiger partial charge is 0.304 e. The van der Waals surface area contributed by atoms with Gasteiger partial charge in [0.25, 0.3) is 0 Å². The van der Waals surface area contributed by atoms with Gasteiger partial charge in [0.05, 0.1) is 54.0 Å². The van der Waals surface area contributed by atoms with E-state index in [1.54, 1.807) is 46.4 Å². The first-order chi connectivity index (χ1) is 24.6. The van der Waals surface area contributed by atoms with Crippen molar-refractivity contribution in [1.29, 1.82) is 0 Å². The maximum absolute atomic E-state index is 12.0. The SMILES string of the molecule is O=S(=O)(O)c1cc2c(s1)-c1c(c(C=CCCCC=Cc3nn(-c4ccc(Cl)cc4Cl)c4c3CCc3ccsc3-4)nn1-c1ccc(Cl)cc1Cl)CC2. The first kappa shape index (κ1) is 34.9. The highest BCUT2D eigenvalue weighted by Crippen LogP contribution is 2.45. The Hall–Kier alpha value is -3.19. The van der Waals surface area contributed by atoms with Crippen molar-refractivity contribution in [3.05, 3.63) is 120 Å². The standard InChI is InChI=1S/C37H28Cl4N4O3S3/c38-23-10-14-31(27(40)19-23)44-34-25(12-8-21-16-17-49-36(21)34)29(42-44)6-4-2-1-3-5-7-30-26-13-9-22-18-33(51(46,47)48)50-37(22)35(26)45(43-30)32-15-11-24(39)20-28(32)41/h4-7,10-11,14-20H,1-3,8-9,12-13H2,(H,46,47,48). The number of unbranched alkanes of at least 4 members (excludes halogenated alkanes) is 2. The number of aryl methyl sites for hydroxylation is 2. The molecule has 0 bridgehead atoms. The van der Waals surface area contributed by atoms with Gasteiger partial charge in [-0.3, -0.25) is 4.55 Å². The minimum atomic E-state index is -4.34. The molecule has 7 nitrogen and oxygen atoms in total. The Morgan fingerprint density at radius 1 is 0.725 bits per heavy atom. The van der Waals surface area contributed by atoms with Gasteiger partial charge in [0.1, 0.15) is 4.21 Å². The number of aromatic nitrogens is 4. The van der Waals surface area contributed by atoms with Crippen LogP contribution >= 0.6 is 69.1 Å². The van der Waals surface area contributed by atoms with Crippen LogP contribution in [-0.2, 0) is 35.8 Å². The summed E-state index contributed by atoms with van der Waals surface area (Å²) < 4.78 is 37.4. The van der Waals surface area contributed by atoms with E-state index in [4.69, 9.17) is 56.6 Å². The quantitative estimate of drug-likeness (QED) is 0.116. The summed E-state index contributed by atoms with van der Waals surface area (Å²) in [7, 11) is -4.34. The van der Waals surface area contributed by atoms with Gasteiger partial charge in [-0.1, -0.05) is 58.6 Å². The lowest BCUT2D eigenvalue weighted by atomic mass is 9.94. The van der Waals surface area contributed by atoms with Gasteiger partial charge in [0.15, 0.2) is 0 Å². The van der Waals surface area contributed by atoms with E-state index in [9.17, 15) is 13.0 Å². The fourth-order valence-electron chi connectivity index (χ4n) is 6.74. The van der Waals surface area contributed by atoms with Crippen LogP contribution in [0.5, 0.6) is 0 Å². The zero-order valence-corrected chi connectivity index (χ0v) is 32.2. The molecule has 0 radical (unpaired) electrons. The molecule has 260 valence electrons. The molecule has 0 fully saturated rings. The number of fused-ring (bicyclic) bond motifs is 6. The van der Waals surface area contributed by atoms with Crippen LogP contribution in [0.4, 0.5) is 0 Å². The number of allylic oxidation sites excluding steroid dienone is 2. The maximum Gasteiger partial charge on any atom is 0.304 e. The lowest BCUT2D eigenvalue weighted by Crippen LogP contribution is -2.05. The average Bonchev–Trinajstić information content (AvgIpc) is 3.88.